The maximum absolute atomic E-state index is 12.9. The average molecular weight is 415 g/mol. The van der Waals surface area contributed by atoms with Crippen LogP contribution in [0.5, 0.6) is 5.75 Å². The van der Waals surface area contributed by atoms with Crippen LogP contribution in [0.1, 0.15) is 36.7 Å². The van der Waals surface area contributed by atoms with Crippen LogP contribution in [0.15, 0.2) is 70.4 Å². The first-order valence-corrected chi connectivity index (χ1v) is 10.2. The van der Waals surface area contributed by atoms with Crippen LogP contribution < -0.4 is 21.2 Å². The second-order valence-corrected chi connectivity index (χ2v) is 7.55. The van der Waals surface area contributed by atoms with E-state index in [1.165, 1.54) is 10.7 Å². The normalized spacial score (nSPS) is 16.4. The summed E-state index contributed by atoms with van der Waals surface area (Å²) in [7, 11) is 0. The number of fused-ring (bicyclic) bond motifs is 2. The number of nitrogens with one attached hydrogen (secondary N) is 2. The van der Waals surface area contributed by atoms with Gasteiger partial charge in [0.15, 0.2) is 0 Å². The third-order valence-electron chi connectivity index (χ3n) is 5.55. The van der Waals surface area contributed by atoms with Gasteiger partial charge in [-0.2, -0.15) is 5.10 Å². The Hall–Kier alpha value is -3.94. The molecule has 31 heavy (non-hydrogen) atoms. The zero-order valence-corrected chi connectivity index (χ0v) is 16.9. The summed E-state index contributed by atoms with van der Waals surface area (Å²) < 4.78 is 7.06. The Morgan fingerprint density at radius 1 is 1.16 bits per heavy atom. The van der Waals surface area contributed by atoms with E-state index >= 15 is 0 Å². The molecule has 0 aliphatic carbocycles. The minimum atomic E-state index is -0.512. The summed E-state index contributed by atoms with van der Waals surface area (Å²) in [6.07, 6.45) is 2.39. The number of nitrogens with zero attached hydrogens (tertiary/aromatic N) is 3. The van der Waals surface area contributed by atoms with E-state index in [4.69, 9.17) is 4.74 Å². The van der Waals surface area contributed by atoms with Gasteiger partial charge in [-0.15, -0.1) is 0 Å². The van der Waals surface area contributed by atoms with Gasteiger partial charge in [0.05, 0.1) is 36.0 Å². The molecular weight excluding hydrogens is 394 g/mol. The molecule has 0 radical (unpaired) electrons. The molecule has 3 heterocycles. The summed E-state index contributed by atoms with van der Waals surface area (Å²) in [4.78, 5) is 32.6. The number of anilines is 1. The molecular formula is C23H21N5O3. The third-order valence-corrected chi connectivity index (χ3v) is 5.55. The molecule has 4 aromatic rings. The predicted octanol–water partition coefficient (Wildman–Crippen LogP) is 3.02. The third kappa shape index (κ3) is 3.56. The monoisotopic (exact) mass is 415 g/mol. The fourth-order valence-electron chi connectivity index (χ4n) is 3.92. The first kappa shape index (κ1) is 19.0. The van der Waals surface area contributed by atoms with Crippen LogP contribution >= 0.6 is 0 Å². The molecule has 0 amide bonds. The smallest absolute Gasteiger partial charge is 0.275 e. The minimum Gasteiger partial charge on any atom is -0.493 e. The van der Waals surface area contributed by atoms with E-state index in [0.29, 0.717) is 23.6 Å². The van der Waals surface area contributed by atoms with Crippen LogP contribution in [-0.4, -0.2) is 26.4 Å². The lowest BCUT2D eigenvalue weighted by Crippen LogP contribution is -2.28. The SMILES string of the molecule is CC(c1cc(=O)[nH]c(NC2CCOc3ccccc32)n1)n1ncc2ccccc2c1=O. The Morgan fingerprint density at radius 2 is 1.97 bits per heavy atom. The summed E-state index contributed by atoms with van der Waals surface area (Å²) >= 11 is 0. The van der Waals surface area contributed by atoms with Crippen molar-refractivity contribution in [3.63, 3.8) is 0 Å². The van der Waals surface area contributed by atoms with Crippen LogP contribution in [0.4, 0.5) is 5.95 Å². The van der Waals surface area contributed by atoms with Crippen molar-refractivity contribution in [2.24, 2.45) is 0 Å². The summed E-state index contributed by atoms with van der Waals surface area (Å²) in [5.41, 5.74) is 0.952. The molecule has 8 nitrogen and oxygen atoms in total. The standard InChI is InChI=1S/C23H21N5O3/c1-14(28-22(30)16-7-3-2-6-15(16)13-24-28)19-12-21(29)27-23(26-19)25-18-10-11-31-20-9-5-4-8-17(18)20/h2-9,12-14,18H,10-11H2,1H3,(H2,25,26,27,29). The predicted molar refractivity (Wildman–Crippen MR) is 118 cm³/mol. The number of H-pyrrole nitrogens is 1. The van der Waals surface area contributed by atoms with Gasteiger partial charge in [-0.1, -0.05) is 36.4 Å². The van der Waals surface area contributed by atoms with Gasteiger partial charge in [0.1, 0.15) is 5.75 Å². The Bertz CT molecular complexity index is 1380. The van der Waals surface area contributed by atoms with Gasteiger partial charge in [-0.3, -0.25) is 14.6 Å². The number of rotatable bonds is 4. The van der Waals surface area contributed by atoms with Crippen LogP contribution in [0.3, 0.4) is 0 Å². The van der Waals surface area contributed by atoms with Crippen molar-refractivity contribution in [3.8, 4) is 5.75 Å². The maximum atomic E-state index is 12.9. The molecule has 2 N–H and O–H groups in total. The first-order chi connectivity index (χ1) is 15.1. The van der Waals surface area contributed by atoms with Gasteiger partial charge in [0.25, 0.3) is 11.1 Å². The van der Waals surface area contributed by atoms with E-state index in [1.807, 2.05) is 42.5 Å². The number of aromatic amines is 1. The summed E-state index contributed by atoms with van der Waals surface area (Å²) in [5, 5.41) is 8.97. The second kappa shape index (κ2) is 7.71. The van der Waals surface area contributed by atoms with Crippen LogP contribution in [-0.2, 0) is 0 Å². The number of benzene rings is 2. The molecule has 1 aliphatic rings. The Kier molecular flexibility index (Phi) is 4.74. The van der Waals surface area contributed by atoms with Crippen LogP contribution in [0.25, 0.3) is 10.8 Å². The van der Waals surface area contributed by atoms with Crippen molar-refractivity contribution in [1.29, 1.82) is 0 Å². The van der Waals surface area contributed by atoms with Gasteiger partial charge >= 0.3 is 0 Å². The molecule has 0 spiro atoms. The van der Waals surface area contributed by atoms with Gasteiger partial charge < -0.3 is 10.1 Å². The zero-order chi connectivity index (χ0) is 21.4. The molecule has 156 valence electrons. The van der Waals surface area contributed by atoms with E-state index in [1.54, 1.807) is 19.2 Å². The van der Waals surface area contributed by atoms with E-state index in [-0.39, 0.29) is 17.2 Å². The van der Waals surface area contributed by atoms with Crippen molar-refractivity contribution in [2.45, 2.75) is 25.4 Å². The number of para-hydroxylation sites is 1. The molecule has 5 rings (SSSR count). The minimum absolute atomic E-state index is 0.0415. The Labute approximate surface area is 177 Å². The lowest BCUT2D eigenvalue weighted by molar-refractivity contribution is 0.274. The maximum Gasteiger partial charge on any atom is 0.275 e. The number of hydrogen-bond acceptors (Lipinski definition) is 6. The molecule has 2 aromatic heterocycles. The Balaban J connectivity index is 1.49. The van der Waals surface area contributed by atoms with Crippen molar-refractivity contribution >= 4 is 16.7 Å². The summed E-state index contributed by atoms with van der Waals surface area (Å²) in [6, 6.07) is 15.9. The van der Waals surface area contributed by atoms with Gasteiger partial charge in [0.2, 0.25) is 5.95 Å². The molecule has 0 saturated heterocycles. The van der Waals surface area contributed by atoms with Gasteiger partial charge in [-0.05, 0) is 19.1 Å². The highest BCUT2D eigenvalue weighted by atomic mass is 16.5. The highest BCUT2D eigenvalue weighted by molar-refractivity contribution is 5.80. The highest BCUT2D eigenvalue weighted by Gasteiger charge is 2.22. The van der Waals surface area contributed by atoms with Crippen molar-refractivity contribution in [3.05, 3.63) is 92.8 Å². The lowest BCUT2D eigenvalue weighted by Gasteiger charge is -2.27. The topological polar surface area (TPSA) is 102 Å². The average Bonchev–Trinajstić information content (AvgIpc) is 2.79. The van der Waals surface area contributed by atoms with Crippen LogP contribution in [0.2, 0.25) is 0 Å². The molecule has 8 heteroatoms. The Morgan fingerprint density at radius 3 is 2.87 bits per heavy atom. The van der Waals surface area contributed by atoms with Gasteiger partial charge in [0, 0.05) is 23.4 Å². The largest absolute Gasteiger partial charge is 0.493 e. The summed E-state index contributed by atoms with van der Waals surface area (Å²) in [5.74, 6) is 1.18. The van der Waals surface area contributed by atoms with E-state index in [0.717, 1.165) is 23.1 Å². The van der Waals surface area contributed by atoms with E-state index in [2.05, 4.69) is 20.4 Å². The second-order valence-electron chi connectivity index (χ2n) is 7.55. The number of hydrogen-bond donors (Lipinski definition) is 2. The molecule has 2 aromatic carbocycles. The fourth-order valence-corrected chi connectivity index (χ4v) is 3.92. The molecule has 2 atom stereocenters. The fraction of sp³-hybridized carbons (Fsp3) is 0.217. The van der Waals surface area contributed by atoms with Crippen LogP contribution in [0, 0.1) is 0 Å². The van der Waals surface area contributed by atoms with Crippen molar-refractivity contribution < 1.29 is 4.74 Å². The molecule has 1 aliphatic heterocycles. The molecule has 0 saturated carbocycles. The molecule has 2 unspecified atom stereocenters. The lowest BCUT2D eigenvalue weighted by atomic mass is 10.0. The number of aromatic nitrogens is 4. The zero-order valence-electron chi connectivity index (χ0n) is 16.9. The quantitative estimate of drug-likeness (QED) is 0.531. The van der Waals surface area contributed by atoms with E-state index < -0.39 is 6.04 Å². The van der Waals surface area contributed by atoms with E-state index in [9.17, 15) is 9.59 Å². The first-order valence-electron chi connectivity index (χ1n) is 10.2. The molecule has 0 fully saturated rings. The summed E-state index contributed by atoms with van der Waals surface area (Å²) in [6.45, 7) is 2.38. The van der Waals surface area contributed by atoms with Crippen molar-refractivity contribution in [1.82, 2.24) is 19.7 Å². The molecule has 0 bridgehead atoms. The highest BCUT2D eigenvalue weighted by Crippen LogP contribution is 2.33. The number of ether oxygens (including phenoxy) is 1. The van der Waals surface area contributed by atoms with Crippen molar-refractivity contribution in [2.75, 3.05) is 11.9 Å². The van der Waals surface area contributed by atoms with Gasteiger partial charge in [-0.25, -0.2) is 9.67 Å².